The summed E-state index contributed by atoms with van der Waals surface area (Å²) < 4.78 is 26.6. The van der Waals surface area contributed by atoms with Crippen LogP contribution in [0.15, 0.2) is 29.2 Å². The fourth-order valence-electron chi connectivity index (χ4n) is 1.54. The fourth-order valence-corrected chi connectivity index (χ4v) is 2.86. The molecule has 1 aromatic rings. The van der Waals surface area contributed by atoms with Crippen molar-refractivity contribution < 1.29 is 13.2 Å². The van der Waals surface area contributed by atoms with E-state index in [0.29, 0.717) is 12.0 Å². The molecule has 0 bridgehead atoms. The van der Waals surface area contributed by atoms with E-state index in [1.54, 1.807) is 0 Å². The Bertz CT molecular complexity index is 585. The molecule has 6 heteroatoms. The predicted molar refractivity (Wildman–Crippen MR) is 71.1 cm³/mol. The van der Waals surface area contributed by atoms with Crippen LogP contribution in [0.1, 0.15) is 37.0 Å². The summed E-state index contributed by atoms with van der Waals surface area (Å²) in [6.07, 6.45) is 0.666. The normalized spacial score (nSPS) is 12.7. The second-order valence-corrected chi connectivity index (χ2v) is 5.88. The zero-order valence-corrected chi connectivity index (χ0v) is 11.7. The molecule has 5 nitrogen and oxygen atoms in total. The third-order valence-corrected chi connectivity index (χ3v) is 4.26. The molecule has 0 aliphatic rings. The zero-order chi connectivity index (χ0) is 14.5. The first-order valence-electron chi connectivity index (χ1n) is 5.91. The van der Waals surface area contributed by atoms with E-state index in [1.807, 2.05) is 13.0 Å². The Morgan fingerprint density at radius 3 is 2.37 bits per heavy atom. The van der Waals surface area contributed by atoms with Crippen molar-refractivity contribution in [1.82, 2.24) is 4.72 Å². The first-order valence-corrected chi connectivity index (χ1v) is 7.39. The van der Waals surface area contributed by atoms with Gasteiger partial charge in [-0.25, -0.2) is 13.1 Å². The third-order valence-electron chi connectivity index (χ3n) is 2.72. The molecule has 102 valence electrons. The highest BCUT2D eigenvalue weighted by atomic mass is 32.2. The molecule has 19 heavy (non-hydrogen) atoms. The van der Waals surface area contributed by atoms with Gasteiger partial charge in [-0.2, -0.15) is 5.26 Å². The van der Waals surface area contributed by atoms with Crippen LogP contribution in [0.4, 0.5) is 0 Å². The van der Waals surface area contributed by atoms with E-state index in [9.17, 15) is 13.2 Å². The average molecular weight is 280 g/mol. The molecule has 0 saturated carbocycles. The number of sulfonamides is 1. The van der Waals surface area contributed by atoms with Gasteiger partial charge in [0.25, 0.3) is 0 Å². The van der Waals surface area contributed by atoms with Gasteiger partial charge in [0, 0.05) is 11.6 Å². The molecule has 1 unspecified atom stereocenters. The number of Topliss-reactive ketones (excluding diaryl/α,β-unsaturated/α-hetero) is 1. The lowest BCUT2D eigenvalue weighted by atomic mass is 10.2. The van der Waals surface area contributed by atoms with Crippen molar-refractivity contribution >= 4 is 15.8 Å². The highest BCUT2D eigenvalue weighted by molar-refractivity contribution is 7.89. The van der Waals surface area contributed by atoms with Crippen molar-refractivity contribution in [3.05, 3.63) is 29.8 Å². The topological polar surface area (TPSA) is 87.0 Å². The average Bonchev–Trinajstić information content (AvgIpc) is 2.38. The molecule has 0 spiro atoms. The second-order valence-electron chi connectivity index (χ2n) is 4.17. The van der Waals surface area contributed by atoms with Crippen LogP contribution < -0.4 is 4.72 Å². The molecular weight excluding hydrogens is 264 g/mol. The molecule has 0 amide bonds. The van der Waals surface area contributed by atoms with Crippen molar-refractivity contribution in [1.29, 1.82) is 5.26 Å². The van der Waals surface area contributed by atoms with Crippen LogP contribution in [-0.4, -0.2) is 20.2 Å². The van der Waals surface area contributed by atoms with Crippen LogP contribution in [0.25, 0.3) is 0 Å². The summed E-state index contributed by atoms with van der Waals surface area (Å²) in [7, 11) is -3.65. The van der Waals surface area contributed by atoms with Crippen LogP contribution in [0, 0.1) is 11.3 Å². The molecule has 0 aromatic heterocycles. The van der Waals surface area contributed by atoms with Gasteiger partial charge in [0.05, 0.1) is 17.4 Å². The quantitative estimate of drug-likeness (QED) is 0.806. The lowest BCUT2D eigenvalue weighted by Crippen LogP contribution is -2.34. The van der Waals surface area contributed by atoms with Gasteiger partial charge in [0.15, 0.2) is 5.78 Å². The predicted octanol–water partition coefficient (Wildman–Crippen LogP) is 1.86. The number of rotatable bonds is 6. The number of nitrogens with one attached hydrogen (secondary N) is 1. The van der Waals surface area contributed by atoms with Gasteiger partial charge in [-0.3, -0.25) is 4.79 Å². The molecule has 0 radical (unpaired) electrons. The zero-order valence-electron chi connectivity index (χ0n) is 10.9. The minimum absolute atomic E-state index is 0.0916. The summed E-state index contributed by atoms with van der Waals surface area (Å²) in [4.78, 5) is 11.2. The van der Waals surface area contributed by atoms with E-state index >= 15 is 0 Å². The lowest BCUT2D eigenvalue weighted by molar-refractivity contribution is 0.101. The van der Waals surface area contributed by atoms with Gasteiger partial charge in [-0.1, -0.05) is 19.1 Å². The number of benzene rings is 1. The smallest absolute Gasteiger partial charge is 0.240 e. The molecule has 1 aromatic carbocycles. The monoisotopic (exact) mass is 280 g/mol. The Morgan fingerprint density at radius 1 is 1.37 bits per heavy atom. The number of nitriles is 1. The molecule has 0 heterocycles. The Hall–Kier alpha value is -1.71. The highest BCUT2D eigenvalue weighted by Crippen LogP contribution is 2.12. The van der Waals surface area contributed by atoms with Crippen molar-refractivity contribution in [3.63, 3.8) is 0 Å². The van der Waals surface area contributed by atoms with Crippen LogP contribution >= 0.6 is 0 Å². The van der Waals surface area contributed by atoms with Gasteiger partial charge < -0.3 is 0 Å². The van der Waals surface area contributed by atoms with E-state index < -0.39 is 16.1 Å². The molecule has 0 aliphatic carbocycles. The van der Waals surface area contributed by atoms with Gasteiger partial charge in [0.1, 0.15) is 0 Å². The number of hydrogen-bond acceptors (Lipinski definition) is 4. The SMILES string of the molecule is CCC(CC#N)NS(=O)(=O)c1ccc(C(C)=O)cc1. The minimum atomic E-state index is -3.65. The standard InChI is InChI=1S/C13H16N2O3S/c1-3-12(8-9-14)15-19(17,18)13-6-4-11(5-7-13)10(2)16/h4-7,12,15H,3,8H2,1-2H3. The van der Waals surface area contributed by atoms with Crippen molar-refractivity contribution in [2.24, 2.45) is 0 Å². The van der Waals surface area contributed by atoms with Crippen molar-refractivity contribution in [3.8, 4) is 6.07 Å². The first-order chi connectivity index (χ1) is 8.90. The Kier molecular flexibility index (Phi) is 5.21. The molecule has 1 atom stereocenters. The Morgan fingerprint density at radius 2 is 1.95 bits per heavy atom. The summed E-state index contributed by atoms with van der Waals surface area (Å²) in [5.41, 5.74) is 0.461. The molecule has 0 aliphatic heterocycles. The summed E-state index contributed by atoms with van der Waals surface area (Å²) in [5, 5.41) is 8.61. The Labute approximate surface area is 113 Å². The maximum atomic E-state index is 12.1. The number of ketones is 1. The van der Waals surface area contributed by atoms with Crippen molar-refractivity contribution in [2.45, 2.75) is 37.6 Å². The van der Waals surface area contributed by atoms with Crippen LogP contribution in [-0.2, 0) is 10.0 Å². The van der Waals surface area contributed by atoms with Crippen LogP contribution in [0.3, 0.4) is 0 Å². The minimum Gasteiger partial charge on any atom is -0.295 e. The second kappa shape index (κ2) is 6.45. The molecule has 0 saturated heterocycles. The van der Waals surface area contributed by atoms with E-state index in [-0.39, 0.29) is 17.1 Å². The van der Waals surface area contributed by atoms with Gasteiger partial charge in [-0.05, 0) is 25.5 Å². The summed E-state index contributed by atoms with van der Waals surface area (Å²) in [5.74, 6) is -0.118. The maximum Gasteiger partial charge on any atom is 0.240 e. The van der Waals surface area contributed by atoms with E-state index in [2.05, 4.69) is 4.72 Å². The summed E-state index contributed by atoms with van der Waals surface area (Å²) in [6, 6.07) is 7.27. The number of carbonyl (C=O) groups is 1. The lowest BCUT2D eigenvalue weighted by Gasteiger charge is -2.14. The number of carbonyl (C=O) groups excluding carboxylic acids is 1. The van der Waals surface area contributed by atoms with E-state index in [0.717, 1.165) is 0 Å². The summed E-state index contributed by atoms with van der Waals surface area (Å²) >= 11 is 0. The maximum absolute atomic E-state index is 12.1. The first kappa shape index (κ1) is 15.3. The number of hydrogen-bond donors (Lipinski definition) is 1. The third kappa shape index (κ3) is 4.16. The largest absolute Gasteiger partial charge is 0.295 e. The molecule has 1 rings (SSSR count). The highest BCUT2D eigenvalue weighted by Gasteiger charge is 2.18. The molecule has 1 N–H and O–H groups in total. The van der Waals surface area contributed by atoms with Gasteiger partial charge in [0.2, 0.25) is 10.0 Å². The Balaban J connectivity index is 2.94. The van der Waals surface area contributed by atoms with Crippen molar-refractivity contribution in [2.75, 3.05) is 0 Å². The fraction of sp³-hybridized carbons (Fsp3) is 0.385. The van der Waals surface area contributed by atoms with Gasteiger partial charge in [-0.15, -0.1) is 0 Å². The molecular formula is C13H16N2O3S. The van der Waals surface area contributed by atoms with E-state index in [4.69, 9.17) is 5.26 Å². The molecule has 0 fully saturated rings. The number of nitrogens with zero attached hydrogens (tertiary/aromatic N) is 1. The summed E-state index contributed by atoms with van der Waals surface area (Å²) in [6.45, 7) is 3.23. The van der Waals surface area contributed by atoms with Gasteiger partial charge >= 0.3 is 0 Å². The van der Waals surface area contributed by atoms with E-state index in [1.165, 1.54) is 31.2 Å². The van der Waals surface area contributed by atoms with Crippen LogP contribution in [0.5, 0.6) is 0 Å². The van der Waals surface area contributed by atoms with Crippen LogP contribution in [0.2, 0.25) is 0 Å².